The summed E-state index contributed by atoms with van der Waals surface area (Å²) in [6, 6.07) is 7.92. The van der Waals surface area contributed by atoms with Crippen LogP contribution in [0.1, 0.15) is 30.9 Å². The molecule has 22 heavy (non-hydrogen) atoms. The van der Waals surface area contributed by atoms with Gasteiger partial charge in [0.05, 0.1) is 24.0 Å². The lowest BCUT2D eigenvalue weighted by atomic mass is 9.76. The van der Waals surface area contributed by atoms with Gasteiger partial charge in [-0.3, -0.25) is 9.59 Å². The lowest BCUT2D eigenvalue weighted by Crippen LogP contribution is -2.37. The molecule has 0 N–H and O–H groups in total. The predicted octanol–water partition coefficient (Wildman–Crippen LogP) is 2.80. The van der Waals surface area contributed by atoms with Crippen LogP contribution in [0.4, 0.5) is 0 Å². The maximum absolute atomic E-state index is 12.4. The minimum Gasteiger partial charge on any atom is -0.466 e. The van der Waals surface area contributed by atoms with Crippen molar-refractivity contribution in [1.29, 1.82) is 0 Å². The molecule has 1 saturated heterocycles. The fourth-order valence-electron chi connectivity index (χ4n) is 2.81. The van der Waals surface area contributed by atoms with Crippen LogP contribution >= 0.6 is 15.9 Å². The molecule has 1 aliphatic heterocycles. The van der Waals surface area contributed by atoms with Gasteiger partial charge in [-0.2, -0.15) is 0 Å². The van der Waals surface area contributed by atoms with Crippen molar-refractivity contribution >= 4 is 27.7 Å². The third-order valence-electron chi connectivity index (χ3n) is 4.08. The highest BCUT2D eigenvalue weighted by Gasteiger charge is 2.42. The SMILES string of the molecule is CCOC(=O)CCc1cccc(C2(C(=O)CBr)CCOC2)c1. The molecule has 120 valence electrons. The Bertz CT molecular complexity index is 535. The molecule has 0 spiro atoms. The first kappa shape index (κ1) is 17.2. The highest BCUT2D eigenvalue weighted by molar-refractivity contribution is 9.09. The molecule has 1 atom stereocenters. The Morgan fingerprint density at radius 3 is 2.86 bits per heavy atom. The molecule has 0 aromatic heterocycles. The summed E-state index contributed by atoms with van der Waals surface area (Å²) in [5.74, 6) is -0.0455. The molecule has 0 saturated carbocycles. The molecule has 1 heterocycles. The number of esters is 1. The highest BCUT2D eigenvalue weighted by Crippen LogP contribution is 2.35. The minimum atomic E-state index is -0.552. The van der Waals surface area contributed by atoms with Crippen LogP contribution in [0.2, 0.25) is 0 Å². The monoisotopic (exact) mass is 368 g/mol. The molecular weight excluding hydrogens is 348 g/mol. The number of alkyl halides is 1. The van der Waals surface area contributed by atoms with Gasteiger partial charge in [0, 0.05) is 13.0 Å². The number of hydrogen-bond acceptors (Lipinski definition) is 4. The van der Waals surface area contributed by atoms with E-state index in [9.17, 15) is 9.59 Å². The lowest BCUT2D eigenvalue weighted by molar-refractivity contribution is -0.143. The zero-order chi connectivity index (χ0) is 16.0. The number of halogens is 1. The standard InChI is InChI=1S/C17H21BrO4/c1-2-22-16(20)7-6-13-4-3-5-14(10-13)17(15(19)11-18)8-9-21-12-17/h3-5,10H,2,6-9,11-12H2,1H3. The Morgan fingerprint density at radius 1 is 1.41 bits per heavy atom. The molecule has 1 aromatic carbocycles. The molecule has 2 rings (SSSR count). The fraction of sp³-hybridized carbons (Fsp3) is 0.529. The maximum Gasteiger partial charge on any atom is 0.306 e. The summed E-state index contributed by atoms with van der Waals surface area (Å²) in [7, 11) is 0. The van der Waals surface area contributed by atoms with Crippen molar-refractivity contribution in [2.75, 3.05) is 25.2 Å². The molecule has 1 unspecified atom stereocenters. The molecule has 0 bridgehead atoms. The lowest BCUT2D eigenvalue weighted by Gasteiger charge is -2.26. The van der Waals surface area contributed by atoms with Crippen LogP contribution in [-0.2, 0) is 30.9 Å². The molecule has 5 heteroatoms. The molecule has 1 aliphatic rings. The van der Waals surface area contributed by atoms with Crippen molar-refractivity contribution in [2.45, 2.75) is 31.6 Å². The first-order valence-electron chi connectivity index (χ1n) is 7.54. The van der Waals surface area contributed by atoms with E-state index in [4.69, 9.17) is 9.47 Å². The second-order valence-electron chi connectivity index (χ2n) is 5.45. The topological polar surface area (TPSA) is 52.6 Å². The molecule has 1 aromatic rings. The average Bonchev–Trinajstić information content (AvgIpc) is 3.04. The summed E-state index contributed by atoms with van der Waals surface area (Å²) in [5.41, 5.74) is 1.47. The molecule has 0 radical (unpaired) electrons. The Kier molecular flexibility index (Phi) is 6.15. The third kappa shape index (κ3) is 3.76. The van der Waals surface area contributed by atoms with Crippen LogP contribution in [0, 0.1) is 0 Å². The van der Waals surface area contributed by atoms with Crippen LogP contribution in [0.15, 0.2) is 24.3 Å². The van der Waals surface area contributed by atoms with Crippen molar-refractivity contribution in [3.63, 3.8) is 0 Å². The number of carbonyl (C=O) groups is 2. The zero-order valence-corrected chi connectivity index (χ0v) is 14.4. The molecule has 4 nitrogen and oxygen atoms in total. The summed E-state index contributed by atoms with van der Waals surface area (Å²) in [4.78, 5) is 23.9. The number of rotatable bonds is 7. The van der Waals surface area contributed by atoms with Crippen LogP contribution in [0.25, 0.3) is 0 Å². The van der Waals surface area contributed by atoms with Crippen molar-refractivity contribution in [1.82, 2.24) is 0 Å². The van der Waals surface area contributed by atoms with Crippen LogP contribution in [-0.4, -0.2) is 36.9 Å². The van der Waals surface area contributed by atoms with Gasteiger partial charge in [0.25, 0.3) is 0 Å². The van der Waals surface area contributed by atoms with Crippen molar-refractivity contribution in [2.24, 2.45) is 0 Å². The van der Waals surface area contributed by atoms with Gasteiger partial charge in [0.1, 0.15) is 0 Å². The first-order chi connectivity index (χ1) is 10.6. The third-order valence-corrected chi connectivity index (χ3v) is 4.59. The Labute approximate surface area is 139 Å². The summed E-state index contributed by atoms with van der Waals surface area (Å²) in [5, 5.41) is 0.323. The van der Waals surface area contributed by atoms with Gasteiger partial charge in [0.2, 0.25) is 0 Å². The number of hydrogen-bond donors (Lipinski definition) is 0. The van der Waals surface area contributed by atoms with Gasteiger partial charge in [-0.15, -0.1) is 0 Å². The number of ether oxygens (including phenoxy) is 2. The second kappa shape index (κ2) is 7.88. The Balaban J connectivity index is 2.16. The maximum atomic E-state index is 12.4. The summed E-state index contributed by atoms with van der Waals surface area (Å²) < 4.78 is 10.4. The van der Waals surface area contributed by atoms with Crippen molar-refractivity contribution in [3.05, 3.63) is 35.4 Å². The molecule has 0 aliphatic carbocycles. The van der Waals surface area contributed by atoms with E-state index in [0.717, 1.165) is 11.1 Å². The highest BCUT2D eigenvalue weighted by atomic mass is 79.9. The second-order valence-corrected chi connectivity index (χ2v) is 6.01. The smallest absolute Gasteiger partial charge is 0.306 e. The number of Topliss-reactive ketones (excluding diaryl/α,β-unsaturated/α-hetero) is 1. The predicted molar refractivity (Wildman–Crippen MR) is 87.3 cm³/mol. The summed E-state index contributed by atoms with van der Waals surface area (Å²) in [6.07, 6.45) is 1.68. The van der Waals surface area contributed by atoms with Gasteiger partial charge < -0.3 is 9.47 Å². The van der Waals surface area contributed by atoms with E-state index < -0.39 is 5.41 Å². The van der Waals surface area contributed by atoms with E-state index in [1.165, 1.54) is 0 Å². The normalized spacial score (nSPS) is 20.8. The quantitative estimate of drug-likeness (QED) is 0.548. The van der Waals surface area contributed by atoms with Crippen molar-refractivity contribution < 1.29 is 19.1 Å². The van der Waals surface area contributed by atoms with Gasteiger partial charge in [-0.1, -0.05) is 40.2 Å². The number of carbonyl (C=O) groups excluding carboxylic acids is 2. The fourth-order valence-corrected chi connectivity index (χ4v) is 3.34. The van der Waals surface area contributed by atoms with Gasteiger partial charge in [-0.05, 0) is 30.9 Å². The number of ketones is 1. The van der Waals surface area contributed by atoms with E-state index in [1.54, 1.807) is 6.92 Å². The van der Waals surface area contributed by atoms with Gasteiger partial charge >= 0.3 is 5.97 Å². The van der Waals surface area contributed by atoms with E-state index in [1.807, 2.05) is 24.3 Å². The molecule has 1 fully saturated rings. The summed E-state index contributed by atoms with van der Waals surface area (Å²) in [6.45, 7) is 3.23. The van der Waals surface area contributed by atoms with Gasteiger partial charge in [-0.25, -0.2) is 0 Å². The Morgan fingerprint density at radius 2 is 2.23 bits per heavy atom. The molecule has 0 amide bonds. The van der Waals surface area contributed by atoms with Crippen LogP contribution in [0.5, 0.6) is 0 Å². The van der Waals surface area contributed by atoms with E-state index >= 15 is 0 Å². The van der Waals surface area contributed by atoms with E-state index in [2.05, 4.69) is 15.9 Å². The van der Waals surface area contributed by atoms with Crippen molar-refractivity contribution in [3.8, 4) is 0 Å². The van der Waals surface area contributed by atoms with E-state index in [0.29, 0.717) is 44.4 Å². The van der Waals surface area contributed by atoms with Crippen LogP contribution < -0.4 is 0 Å². The minimum absolute atomic E-state index is 0.146. The molecular formula is C17H21BrO4. The average molecular weight is 369 g/mol. The largest absolute Gasteiger partial charge is 0.466 e. The van der Waals surface area contributed by atoms with Gasteiger partial charge in [0.15, 0.2) is 5.78 Å². The number of benzene rings is 1. The van der Waals surface area contributed by atoms with Crippen LogP contribution in [0.3, 0.4) is 0 Å². The summed E-state index contributed by atoms with van der Waals surface area (Å²) >= 11 is 3.28. The number of aryl methyl sites for hydroxylation is 1. The zero-order valence-electron chi connectivity index (χ0n) is 12.8. The first-order valence-corrected chi connectivity index (χ1v) is 8.66. The Hall–Kier alpha value is -1.20. The van der Waals surface area contributed by atoms with E-state index in [-0.39, 0.29) is 11.8 Å².